The van der Waals surface area contributed by atoms with Gasteiger partial charge in [-0.25, -0.2) is 4.39 Å². The molecule has 0 spiro atoms. The Bertz CT molecular complexity index is 265. The van der Waals surface area contributed by atoms with Gasteiger partial charge in [-0.2, -0.15) is 0 Å². The number of hydrogen-bond acceptors (Lipinski definition) is 0. The van der Waals surface area contributed by atoms with Gasteiger partial charge in [-0.3, -0.25) is 0 Å². The SMILES string of the molecule is CC(C)C1=C/C=C/C(F)=C/C=C\1. The van der Waals surface area contributed by atoms with Gasteiger partial charge in [0, 0.05) is 0 Å². The third kappa shape index (κ3) is 2.50. The first-order chi connectivity index (χ1) is 5.70. The van der Waals surface area contributed by atoms with E-state index in [2.05, 4.69) is 13.8 Å². The molecule has 0 bridgehead atoms. The van der Waals surface area contributed by atoms with Crippen molar-refractivity contribution in [2.24, 2.45) is 5.92 Å². The molecular weight excluding hydrogens is 151 g/mol. The predicted molar refractivity (Wildman–Crippen MR) is 50.4 cm³/mol. The maximum Gasteiger partial charge on any atom is 0.123 e. The molecule has 1 aliphatic rings. The highest BCUT2D eigenvalue weighted by Gasteiger charge is 1.97. The van der Waals surface area contributed by atoms with E-state index >= 15 is 0 Å². The Kier molecular flexibility index (Phi) is 3.03. The summed E-state index contributed by atoms with van der Waals surface area (Å²) < 4.78 is 12.6. The molecule has 0 saturated carbocycles. The average molecular weight is 164 g/mol. The van der Waals surface area contributed by atoms with Crippen molar-refractivity contribution in [2.45, 2.75) is 13.8 Å². The molecule has 0 amide bonds. The fourth-order valence-corrected chi connectivity index (χ4v) is 0.998. The molecule has 0 aliphatic heterocycles. The van der Waals surface area contributed by atoms with Gasteiger partial charge in [0.1, 0.15) is 5.83 Å². The average Bonchev–Trinajstić information content (AvgIpc) is 1.95. The van der Waals surface area contributed by atoms with Crippen molar-refractivity contribution in [3.05, 3.63) is 47.9 Å². The Morgan fingerprint density at radius 3 is 2.42 bits per heavy atom. The molecule has 1 rings (SSSR count). The van der Waals surface area contributed by atoms with Gasteiger partial charge in [0.15, 0.2) is 0 Å². The van der Waals surface area contributed by atoms with Crippen LogP contribution in [0.25, 0.3) is 0 Å². The quantitative estimate of drug-likeness (QED) is 0.556. The van der Waals surface area contributed by atoms with E-state index in [1.54, 1.807) is 12.2 Å². The van der Waals surface area contributed by atoms with E-state index < -0.39 is 0 Å². The molecule has 0 aromatic rings. The van der Waals surface area contributed by atoms with Gasteiger partial charge in [0.25, 0.3) is 0 Å². The summed E-state index contributed by atoms with van der Waals surface area (Å²) in [6.07, 6.45) is 10.3. The highest BCUT2D eigenvalue weighted by Crippen LogP contribution is 2.14. The van der Waals surface area contributed by atoms with Crippen molar-refractivity contribution >= 4 is 0 Å². The van der Waals surface area contributed by atoms with Crippen LogP contribution in [0.2, 0.25) is 0 Å². The van der Waals surface area contributed by atoms with Crippen LogP contribution in [0.5, 0.6) is 0 Å². The Morgan fingerprint density at radius 1 is 1.08 bits per heavy atom. The van der Waals surface area contributed by atoms with Gasteiger partial charge in [-0.05, 0) is 23.6 Å². The summed E-state index contributed by atoms with van der Waals surface area (Å²) in [5, 5.41) is 0. The molecule has 64 valence electrons. The molecule has 0 unspecified atom stereocenters. The van der Waals surface area contributed by atoms with Gasteiger partial charge in [0.05, 0.1) is 0 Å². The van der Waals surface area contributed by atoms with Gasteiger partial charge < -0.3 is 0 Å². The standard InChI is InChI=1S/C11H13F/c1-9(2)10-5-3-7-11(12)8-4-6-10/h3-9H,1-2H3/b5-3-,6-4?,7-3?,8-4+,10-5?,10-6+,11-7-,11-8?. The van der Waals surface area contributed by atoms with Gasteiger partial charge in [0.2, 0.25) is 0 Å². The van der Waals surface area contributed by atoms with E-state index in [0.717, 1.165) is 0 Å². The molecule has 0 heterocycles. The summed E-state index contributed by atoms with van der Waals surface area (Å²) in [6, 6.07) is 0. The van der Waals surface area contributed by atoms with Crippen LogP contribution in [-0.4, -0.2) is 0 Å². The molecular formula is C11H13F. The van der Waals surface area contributed by atoms with Crippen molar-refractivity contribution in [1.29, 1.82) is 0 Å². The monoisotopic (exact) mass is 164 g/mol. The van der Waals surface area contributed by atoms with Crippen LogP contribution in [0.3, 0.4) is 0 Å². The molecule has 0 fully saturated rings. The number of allylic oxidation sites excluding steroid dienone is 8. The number of hydrogen-bond donors (Lipinski definition) is 0. The van der Waals surface area contributed by atoms with E-state index in [4.69, 9.17) is 0 Å². The molecule has 0 aromatic heterocycles. The summed E-state index contributed by atoms with van der Waals surface area (Å²) in [7, 11) is 0. The van der Waals surface area contributed by atoms with Gasteiger partial charge in [-0.1, -0.05) is 38.2 Å². The molecule has 0 aromatic carbocycles. The molecule has 12 heavy (non-hydrogen) atoms. The van der Waals surface area contributed by atoms with Crippen molar-refractivity contribution in [2.75, 3.05) is 0 Å². The lowest BCUT2D eigenvalue weighted by atomic mass is 10.0. The summed E-state index contributed by atoms with van der Waals surface area (Å²) in [4.78, 5) is 0. The van der Waals surface area contributed by atoms with E-state index in [9.17, 15) is 4.39 Å². The molecule has 0 saturated heterocycles. The maximum absolute atomic E-state index is 12.6. The van der Waals surface area contributed by atoms with Gasteiger partial charge >= 0.3 is 0 Å². The molecule has 0 nitrogen and oxygen atoms in total. The summed E-state index contributed by atoms with van der Waals surface area (Å²) in [6.45, 7) is 4.23. The Labute approximate surface area is 72.8 Å². The molecule has 1 heteroatoms. The lowest BCUT2D eigenvalue weighted by Gasteiger charge is -2.04. The maximum atomic E-state index is 12.6. The van der Waals surface area contributed by atoms with Crippen LogP contribution in [0.15, 0.2) is 47.9 Å². The first kappa shape index (κ1) is 8.98. The number of halogens is 1. The lowest BCUT2D eigenvalue weighted by molar-refractivity contribution is 0.667. The minimum absolute atomic E-state index is 0.203. The Morgan fingerprint density at radius 2 is 1.75 bits per heavy atom. The third-order valence-corrected chi connectivity index (χ3v) is 1.75. The molecule has 0 atom stereocenters. The highest BCUT2D eigenvalue weighted by atomic mass is 19.1. The second kappa shape index (κ2) is 4.05. The predicted octanol–water partition coefficient (Wildman–Crippen LogP) is 3.55. The zero-order valence-electron chi connectivity index (χ0n) is 7.42. The largest absolute Gasteiger partial charge is 0.207 e. The Balaban J connectivity index is 2.83. The first-order valence-electron chi connectivity index (χ1n) is 4.12. The zero-order valence-corrected chi connectivity index (χ0v) is 7.42. The smallest absolute Gasteiger partial charge is 0.123 e. The van der Waals surface area contributed by atoms with Crippen molar-refractivity contribution in [3.8, 4) is 0 Å². The van der Waals surface area contributed by atoms with Crippen LogP contribution < -0.4 is 0 Å². The molecule has 0 N–H and O–H groups in total. The number of rotatable bonds is 1. The molecule has 1 aliphatic carbocycles. The van der Waals surface area contributed by atoms with E-state index in [1.165, 1.54) is 17.7 Å². The lowest BCUT2D eigenvalue weighted by Crippen LogP contribution is -1.89. The summed E-state index contributed by atoms with van der Waals surface area (Å²) in [5.41, 5.74) is 1.22. The minimum atomic E-state index is -0.203. The van der Waals surface area contributed by atoms with Crippen molar-refractivity contribution in [1.82, 2.24) is 0 Å². The summed E-state index contributed by atoms with van der Waals surface area (Å²) in [5.74, 6) is 0.283. The van der Waals surface area contributed by atoms with Crippen LogP contribution in [0, 0.1) is 5.92 Å². The highest BCUT2D eigenvalue weighted by molar-refractivity contribution is 5.33. The van der Waals surface area contributed by atoms with Crippen LogP contribution in [0.1, 0.15) is 13.8 Å². The van der Waals surface area contributed by atoms with Crippen molar-refractivity contribution < 1.29 is 4.39 Å². The van der Waals surface area contributed by atoms with Crippen molar-refractivity contribution in [3.63, 3.8) is 0 Å². The van der Waals surface area contributed by atoms with E-state index in [-0.39, 0.29) is 5.83 Å². The van der Waals surface area contributed by atoms with E-state index in [1.807, 2.05) is 12.2 Å². The first-order valence-corrected chi connectivity index (χ1v) is 4.12. The summed E-state index contributed by atoms with van der Waals surface area (Å²) >= 11 is 0. The fourth-order valence-electron chi connectivity index (χ4n) is 0.998. The molecule has 0 radical (unpaired) electrons. The van der Waals surface area contributed by atoms with Crippen LogP contribution in [0.4, 0.5) is 4.39 Å². The van der Waals surface area contributed by atoms with Crippen LogP contribution in [-0.2, 0) is 0 Å². The van der Waals surface area contributed by atoms with Gasteiger partial charge in [-0.15, -0.1) is 0 Å². The minimum Gasteiger partial charge on any atom is -0.207 e. The Hall–Kier alpha value is -1.11. The normalized spacial score (nSPS) is 31.0. The second-order valence-corrected chi connectivity index (χ2v) is 3.09. The van der Waals surface area contributed by atoms with Crippen LogP contribution >= 0.6 is 0 Å². The topological polar surface area (TPSA) is 0 Å². The fraction of sp³-hybridized carbons (Fsp3) is 0.273. The zero-order chi connectivity index (χ0) is 8.97. The third-order valence-electron chi connectivity index (χ3n) is 1.75. The second-order valence-electron chi connectivity index (χ2n) is 3.09. The van der Waals surface area contributed by atoms with E-state index in [0.29, 0.717) is 5.92 Å².